The van der Waals surface area contributed by atoms with Gasteiger partial charge in [-0.3, -0.25) is 19.2 Å². The van der Waals surface area contributed by atoms with Crippen molar-refractivity contribution in [2.75, 3.05) is 33.3 Å². The Balaban J connectivity index is 1.33. The normalized spacial score (nSPS) is 30.5. The maximum atomic E-state index is 13.1. The van der Waals surface area contributed by atoms with Crippen LogP contribution in [0.5, 0.6) is 0 Å². The summed E-state index contributed by atoms with van der Waals surface area (Å²) in [6, 6.07) is 0.403. The van der Waals surface area contributed by atoms with Crippen molar-refractivity contribution >= 4 is 11.8 Å². The number of aromatic nitrogens is 3. The molecule has 4 saturated heterocycles. The first-order valence-electron chi connectivity index (χ1n) is 10.2. The molecule has 0 saturated carbocycles. The van der Waals surface area contributed by atoms with E-state index in [0.717, 1.165) is 38.2 Å². The van der Waals surface area contributed by atoms with Crippen molar-refractivity contribution in [1.29, 1.82) is 0 Å². The second-order valence-electron chi connectivity index (χ2n) is 8.41. The first kappa shape index (κ1) is 19.3. The van der Waals surface area contributed by atoms with Crippen molar-refractivity contribution in [2.24, 2.45) is 23.5 Å². The van der Waals surface area contributed by atoms with E-state index in [1.54, 1.807) is 7.11 Å². The van der Waals surface area contributed by atoms with E-state index in [2.05, 4.69) is 15.2 Å². The van der Waals surface area contributed by atoms with Gasteiger partial charge >= 0.3 is 0 Å². The standard InChI is InChI=1S/C19H30N6O3/c1-28-12-15-9-25(22-21-15)10-16-8-14-4-7-24(16)11-17(14)19(27)23-5-2-13(3-6-23)18(20)26/h9,13-14,16-17H,2-8,10-12H2,1H3,(H2,20,26)/t14?,16-,17+/m1/s1. The summed E-state index contributed by atoms with van der Waals surface area (Å²) in [5.41, 5.74) is 6.25. The second kappa shape index (κ2) is 8.16. The van der Waals surface area contributed by atoms with E-state index in [0.29, 0.717) is 44.5 Å². The van der Waals surface area contributed by atoms with Crippen LogP contribution in [0.25, 0.3) is 0 Å². The first-order chi connectivity index (χ1) is 13.5. The third-order valence-electron chi connectivity index (χ3n) is 6.68. The highest BCUT2D eigenvalue weighted by Gasteiger charge is 2.45. The van der Waals surface area contributed by atoms with Crippen molar-refractivity contribution in [3.05, 3.63) is 11.9 Å². The van der Waals surface area contributed by atoms with E-state index < -0.39 is 0 Å². The lowest BCUT2D eigenvalue weighted by molar-refractivity contribution is -0.146. The Morgan fingerprint density at radius 1 is 1.25 bits per heavy atom. The maximum Gasteiger partial charge on any atom is 0.227 e. The molecule has 0 spiro atoms. The van der Waals surface area contributed by atoms with Gasteiger partial charge in [-0.2, -0.15) is 0 Å². The van der Waals surface area contributed by atoms with Gasteiger partial charge in [0.15, 0.2) is 0 Å². The summed E-state index contributed by atoms with van der Waals surface area (Å²) >= 11 is 0. The number of piperidine rings is 4. The zero-order valence-corrected chi connectivity index (χ0v) is 16.5. The molecule has 154 valence electrons. The minimum absolute atomic E-state index is 0.0781. The van der Waals surface area contributed by atoms with E-state index in [4.69, 9.17) is 10.5 Å². The van der Waals surface area contributed by atoms with Gasteiger partial charge in [-0.15, -0.1) is 5.10 Å². The molecule has 9 heteroatoms. The molecular formula is C19H30N6O3. The number of rotatable bonds is 6. The van der Waals surface area contributed by atoms with Crippen molar-refractivity contribution < 1.29 is 14.3 Å². The van der Waals surface area contributed by atoms with Crippen LogP contribution in [0.4, 0.5) is 0 Å². The lowest BCUT2D eigenvalue weighted by Gasteiger charge is -2.50. The highest BCUT2D eigenvalue weighted by molar-refractivity contribution is 5.81. The Kier molecular flexibility index (Phi) is 5.63. The summed E-state index contributed by atoms with van der Waals surface area (Å²) in [6.07, 6.45) is 5.44. The fraction of sp³-hybridized carbons (Fsp3) is 0.789. The van der Waals surface area contributed by atoms with Crippen LogP contribution in [0.3, 0.4) is 0 Å². The fourth-order valence-corrected chi connectivity index (χ4v) is 5.08. The molecule has 5 rings (SSSR count). The molecule has 0 aliphatic carbocycles. The molecule has 28 heavy (non-hydrogen) atoms. The number of hydrogen-bond donors (Lipinski definition) is 1. The first-order valence-corrected chi connectivity index (χ1v) is 10.2. The van der Waals surface area contributed by atoms with Gasteiger partial charge in [0, 0.05) is 38.7 Å². The Morgan fingerprint density at radius 3 is 2.68 bits per heavy atom. The van der Waals surface area contributed by atoms with Gasteiger partial charge < -0.3 is 15.4 Å². The van der Waals surface area contributed by atoms with Crippen LogP contribution in [0.2, 0.25) is 0 Å². The van der Waals surface area contributed by atoms with Gasteiger partial charge in [-0.25, -0.2) is 0 Å². The molecule has 2 N–H and O–H groups in total. The molecule has 4 aliphatic heterocycles. The van der Waals surface area contributed by atoms with Crippen LogP contribution in [-0.2, 0) is 27.5 Å². The van der Waals surface area contributed by atoms with Gasteiger partial charge in [-0.1, -0.05) is 5.21 Å². The zero-order valence-electron chi connectivity index (χ0n) is 16.5. The molecule has 0 radical (unpaired) electrons. The third kappa shape index (κ3) is 3.91. The molecular weight excluding hydrogens is 360 g/mol. The van der Waals surface area contributed by atoms with Crippen LogP contribution in [0, 0.1) is 17.8 Å². The Bertz CT molecular complexity index is 714. The van der Waals surface area contributed by atoms with E-state index >= 15 is 0 Å². The number of fused-ring (bicyclic) bond motifs is 3. The van der Waals surface area contributed by atoms with Crippen LogP contribution in [0.15, 0.2) is 6.20 Å². The number of nitrogens with zero attached hydrogens (tertiary/aromatic N) is 5. The van der Waals surface area contributed by atoms with Crippen molar-refractivity contribution in [1.82, 2.24) is 24.8 Å². The van der Waals surface area contributed by atoms with Gasteiger partial charge in [-0.05, 0) is 38.1 Å². The molecule has 1 aromatic heterocycles. The highest BCUT2D eigenvalue weighted by Crippen LogP contribution is 2.38. The summed E-state index contributed by atoms with van der Waals surface area (Å²) in [5.74, 6) is 0.456. The number of ether oxygens (including phenoxy) is 1. The van der Waals surface area contributed by atoms with Crippen molar-refractivity contribution in [2.45, 2.75) is 44.9 Å². The van der Waals surface area contributed by atoms with E-state index in [1.165, 1.54) is 0 Å². The monoisotopic (exact) mass is 390 g/mol. The molecule has 2 unspecified atom stereocenters. The molecule has 0 aromatic carbocycles. The number of carbonyl (C=O) groups excluding carboxylic acids is 2. The summed E-state index contributed by atoms with van der Waals surface area (Å²) in [7, 11) is 1.65. The molecule has 4 fully saturated rings. The number of carbonyl (C=O) groups is 2. The molecule has 5 heterocycles. The number of hydrogen-bond acceptors (Lipinski definition) is 6. The second-order valence-corrected chi connectivity index (χ2v) is 8.41. The summed E-state index contributed by atoms with van der Waals surface area (Å²) in [6.45, 7) is 4.45. The van der Waals surface area contributed by atoms with Crippen LogP contribution < -0.4 is 5.73 Å². The highest BCUT2D eigenvalue weighted by atomic mass is 16.5. The largest absolute Gasteiger partial charge is 0.378 e. The van der Waals surface area contributed by atoms with Gasteiger partial charge in [0.1, 0.15) is 5.69 Å². The summed E-state index contributed by atoms with van der Waals surface area (Å²) in [4.78, 5) is 28.9. The minimum Gasteiger partial charge on any atom is -0.378 e. The SMILES string of the molecule is COCc1cn(C[C@H]2CC3CCN2C[C@@H]3C(=O)N2CCC(C(N)=O)CC2)nn1. The third-order valence-corrected chi connectivity index (χ3v) is 6.68. The number of primary amides is 1. The average molecular weight is 390 g/mol. The topological polar surface area (TPSA) is 107 Å². The lowest BCUT2D eigenvalue weighted by atomic mass is 9.74. The van der Waals surface area contributed by atoms with Crippen molar-refractivity contribution in [3.8, 4) is 0 Å². The summed E-state index contributed by atoms with van der Waals surface area (Å²) < 4.78 is 7.00. The molecule has 2 amide bonds. The molecule has 1 aromatic rings. The molecule has 4 aliphatic rings. The van der Waals surface area contributed by atoms with Crippen molar-refractivity contribution in [3.63, 3.8) is 0 Å². The number of amides is 2. The maximum absolute atomic E-state index is 13.1. The van der Waals surface area contributed by atoms with Crippen LogP contribution in [0.1, 0.15) is 31.4 Å². The quantitative estimate of drug-likeness (QED) is 0.725. The van der Waals surface area contributed by atoms with E-state index in [9.17, 15) is 9.59 Å². The smallest absolute Gasteiger partial charge is 0.227 e. The van der Waals surface area contributed by atoms with Gasteiger partial charge in [0.25, 0.3) is 0 Å². The molecule has 9 nitrogen and oxygen atoms in total. The van der Waals surface area contributed by atoms with Gasteiger partial charge in [0.05, 0.1) is 25.3 Å². The Labute approximate surface area is 165 Å². The Hall–Kier alpha value is -2.00. The molecule has 2 bridgehead atoms. The fourth-order valence-electron chi connectivity index (χ4n) is 5.08. The minimum atomic E-state index is -0.237. The lowest BCUT2D eigenvalue weighted by Crippen LogP contribution is -2.59. The predicted octanol–water partition coefficient (Wildman–Crippen LogP) is -0.141. The van der Waals surface area contributed by atoms with Gasteiger partial charge in [0.2, 0.25) is 11.8 Å². The van der Waals surface area contributed by atoms with E-state index in [1.807, 2.05) is 15.8 Å². The summed E-state index contributed by atoms with van der Waals surface area (Å²) in [5, 5.41) is 8.34. The number of methoxy groups -OCH3 is 1. The van der Waals surface area contributed by atoms with E-state index in [-0.39, 0.29) is 23.7 Å². The average Bonchev–Trinajstić information content (AvgIpc) is 3.15. The number of likely N-dealkylation sites (tertiary alicyclic amines) is 1. The van der Waals surface area contributed by atoms with Crippen LogP contribution >= 0.6 is 0 Å². The van der Waals surface area contributed by atoms with Crippen LogP contribution in [-0.4, -0.2) is 75.9 Å². The molecule has 4 atom stereocenters. The zero-order chi connectivity index (χ0) is 19.7. The predicted molar refractivity (Wildman–Crippen MR) is 101 cm³/mol. The Morgan fingerprint density at radius 2 is 2.04 bits per heavy atom. The number of nitrogens with two attached hydrogens (primary N) is 1.